The Morgan fingerprint density at radius 3 is 2.94 bits per heavy atom. The molecule has 3 heteroatoms. The molecule has 18 heavy (non-hydrogen) atoms. The van der Waals surface area contributed by atoms with E-state index in [-0.39, 0.29) is 5.91 Å². The molecule has 1 aliphatic heterocycles. The molecule has 1 heterocycles. The van der Waals surface area contributed by atoms with Crippen molar-refractivity contribution >= 4 is 5.91 Å². The highest BCUT2D eigenvalue weighted by atomic mass is 16.1. The SMILES string of the molecule is CC(Cc1ccccc1)NC1CCCNC(=O)C1. The van der Waals surface area contributed by atoms with Crippen LogP contribution >= 0.6 is 0 Å². The molecule has 0 aromatic heterocycles. The van der Waals surface area contributed by atoms with Crippen molar-refractivity contribution in [2.45, 2.75) is 44.7 Å². The number of amides is 1. The van der Waals surface area contributed by atoms with Gasteiger partial charge in [0.15, 0.2) is 0 Å². The third-order valence-corrected chi connectivity index (χ3v) is 3.39. The Morgan fingerprint density at radius 2 is 2.17 bits per heavy atom. The van der Waals surface area contributed by atoms with Gasteiger partial charge in [-0.2, -0.15) is 0 Å². The first-order valence-corrected chi connectivity index (χ1v) is 6.80. The van der Waals surface area contributed by atoms with Gasteiger partial charge in [0.2, 0.25) is 5.91 Å². The Balaban J connectivity index is 1.83. The van der Waals surface area contributed by atoms with E-state index in [1.807, 2.05) is 6.07 Å². The molecule has 1 aromatic rings. The highest BCUT2D eigenvalue weighted by Gasteiger charge is 2.18. The number of hydrogen-bond acceptors (Lipinski definition) is 2. The summed E-state index contributed by atoms with van der Waals surface area (Å²) < 4.78 is 0. The van der Waals surface area contributed by atoms with Gasteiger partial charge in [0, 0.05) is 25.0 Å². The second kappa shape index (κ2) is 6.55. The molecular formula is C15H22N2O. The monoisotopic (exact) mass is 246 g/mol. The summed E-state index contributed by atoms with van der Waals surface area (Å²) in [5.41, 5.74) is 1.34. The largest absolute Gasteiger partial charge is 0.356 e. The lowest BCUT2D eigenvalue weighted by atomic mass is 10.0. The summed E-state index contributed by atoms with van der Waals surface area (Å²) in [7, 11) is 0. The first-order chi connectivity index (χ1) is 8.74. The number of carbonyl (C=O) groups excluding carboxylic acids is 1. The van der Waals surface area contributed by atoms with E-state index in [2.05, 4.69) is 41.8 Å². The minimum Gasteiger partial charge on any atom is -0.356 e. The smallest absolute Gasteiger partial charge is 0.221 e. The fourth-order valence-corrected chi connectivity index (χ4v) is 2.55. The van der Waals surface area contributed by atoms with Crippen LogP contribution in [-0.4, -0.2) is 24.5 Å². The van der Waals surface area contributed by atoms with Crippen LogP contribution in [0.3, 0.4) is 0 Å². The van der Waals surface area contributed by atoms with Crippen molar-refractivity contribution in [2.75, 3.05) is 6.54 Å². The van der Waals surface area contributed by atoms with E-state index >= 15 is 0 Å². The summed E-state index contributed by atoms with van der Waals surface area (Å²) in [6, 6.07) is 11.2. The molecule has 0 radical (unpaired) electrons. The zero-order valence-electron chi connectivity index (χ0n) is 11.0. The van der Waals surface area contributed by atoms with Gasteiger partial charge in [-0.3, -0.25) is 4.79 Å². The Hall–Kier alpha value is -1.35. The van der Waals surface area contributed by atoms with Crippen LogP contribution in [0.2, 0.25) is 0 Å². The molecule has 98 valence electrons. The van der Waals surface area contributed by atoms with Crippen molar-refractivity contribution in [2.24, 2.45) is 0 Å². The molecular weight excluding hydrogens is 224 g/mol. The van der Waals surface area contributed by atoms with Crippen LogP contribution in [0.4, 0.5) is 0 Å². The summed E-state index contributed by atoms with van der Waals surface area (Å²) in [5, 5.41) is 6.50. The van der Waals surface area contributed by atoms with E-state index in [1.54, 1.807) is 0 Å². The molecule has 0 bridgehead atoms. The molecule has 0 spiro atoms. The van der Waals surface area contributed by atoms with Crippen molar-refractivity contribution < 1.29 is 4.79 Å². The molecule has 2 unspecified atom stereocenters. The highest BCUT2D eigenvalue weighted by Crippen LogP contribution is 2.09. The lowest BCUT2D eigenvalue weighted by Gasteiger charge is -2.21. The van der Waals surface area contributed by atoms with Crippen molar-refractivity contribution in [3.63, 3.8) is 0 Å². The van der Waals surface area contributed by atoms with Gasteiger partial charge in [-0.05, 0) is 31.7 Å². The average Bonchev–Trinajstić information content (AvgIpc) is 2.54. The number of nitrogens with one attached hydrogen (secondary N) is 2. The van der Waals surface area contributed by atoms with Crippen molar-refractivity contribution in [3.05, 3.63) is 35.9 Å². The van der Waals surface area contributed by atoms with Gasteiger partial charge in [0.25, 0.3) is 0 Å². The average molecular weight is 246 g/mol. The molecule has 2 rings (SSSR count). The maximum Gasteiger partial charge on any atom is 0.221 e. The molecule has 2 atom stereocenters. The third-order valence-electron chi connectivity index (χ3n) is 3.39. The molecule has 0 aliphatic carbocycles. The van der Waals surface area contributed by atoms with Crippen LogP contribution in [-0.2, 0) is 11.2 Å². The molecule has 1 saturated heterocycles. The van der Waals surface area contributed by atoms with Crippen LogP contribution in [0.25, 0.3) is 0 Å². The number of rotatable bonds is 4. The van der Waals surface area contributed by atoms with E-state index in [9.17, 15) is 4.79 Å². The van der Waals surface area contributed by atoms with Crippen LogP contribution < -0.4 is 10.6 Å². The normalized spacial score (nSPS) is 22.1. The molecule has 1 aliphatic rings. The van der Waals surface area contributed by atoms with Crippen molar-refractivity contribution in [1.29, 1.82) is 0 Å². The van der Waals surface area contributed by atoms with Gasteiger partial charge in [0.1, 0.15) is 0 Å². The number of carbonyl (C=O) groups is 1. The molecule has 1 fully saturated rings. The topological polar surface area (TPSA) is 41.1 Å². The van der Waals surface area contributed by atoms with Gasteiger partial charge < -0.3 is 10.6 Å². The van der Waals surface area contributed by atoms with Gasteiger partial charge >= 0.3 is 0 Å². The first-order valence-electron chi connectivity index (χ1n) is 6.80. The molecule has 1 aromatic carbocycles. The van der Waals surface area contributed by atoms with Crippen LogP contribution in [0.5, 0.6) is 0 Å². The number of benzene rings is 1. The Morgan fingerprint density at radius 1 is 1.39 bits per heavy atom. The second-order valence-corrected chi connectivity index (χ2v) is 5.15. The minimum absolute atomic E-state index is 0.178. The zero-order valence-corrected chi connectivity index (χ0v) is 11.0. The molecule has 0 saturated carbocycles. The van der Waals surface area contributed by atoms with E-state index in [4.69, 9.17) is 0 Å². The van der Waals surface area contributed by atoms with Crippen LogP contribution in [0, 0.1) is 0 Å². The summed E-state index contributed by atoms with van der Waals surface area (Å²) in [4.78, 5) is 11.5. The van der Waals surface area contributed by atoms with E-state index in [1.165, 1.54) is 5.56 Å². The summed E-state index contributed by atoms with van der Waals surface area (Å²) in [6.45, 7) is 3.01. The Kier molecular flexibility index (Phi) is 4.76. The molecule has 2 N–H and O–H groups in total. The van der Waals surface area contributed by atoms with Crippen LogP contribution in [0.15, 0.2) is 30.3 Å². The molecule has 1 amide bonds. The third kappa shape index (κ3) is 4.15. The standard InChI is InChI=1S/C15H22N2O/c1-12(10-13-6-3-2-4-7-13)17-14-8-5-9-16-15(18)11-14/h2-4,6-7,12,14,17H,5,8-11H2,1H3,(H,16,18). The second-order valence-electron chi connectivity index (χ2n) is 5.15. The fourth-order valence-electron chi connectivity index (χ4n) is 2.55. The summed E-state index contributed by atoms with van der Waals surface area (Å²) >= 11 is 0. The highest BCUT2D eigenvalue weighted by molar-refractivity contribution is 5.76. The quantitative estimate of drug-likeness (QED) is 0.851. The van der Waals surface area contributed by atoms with Gasteiger partial charge in [-0.1, -0.05) is 30.3 Å². The lowest BCUT2D eigenvalue weighted by molar-refractivity contribution is -0.121. The molecule has 3 nitrogen and oxygen atoms in total. The Bertz CT molecular complexity index is 377. The van der Waals surface area contributed by atoms with Crippen LogP contribution in [0.1, 0.15) is 31.7 Å². The summed E-state index contributed by atoms with van der Waals surface area (Å²) in [6.07, 6.45) is 3.78. The summed E-state index contributed by atoms with van der Waals surface area (Å²) in [5.74, 6) is 0.178. The lowest BCUT2D eigenvalue weighted by Crippen LogP contribution is -2.39. The Labute approximate surface area is 109 Å². The predicted molar refractivity (Wildman–Crippen MR) is 73.4 cm³/mol. The first kappa shape index (κ1) is 13.1. The van der Waals surface area contributed by atoms with Gasteiger partial charge in [-0.25, -0.2) is 0 Å². The fraction of sp³-hybridized carbons (Fsp3) is 0.533. The maximum absolute atomic E-state index is 11.5. The maximum atomic E-state index is 11.5. The van der Waals surface area contributed by atoms with E-state index < -0.39 is 0 Å². The predicted octanol–water partition coefficient (Wildman–Crippen LogP) is 1.88. The number of hydrogen-bond donors (Lipinski definition) is 2. The van der Waals surface area contributed by atoms with Crippen molar-refractivity contribution in [1.82, 2.24) is 10.6 Å². The minimum atomic E-state index is 0.178. The van der Waals surface area contributed by atoms with E-state index in [0.717, 1.165) is 25.8 Å². The van der Waals surface area contributed by atoms with E-state index in [0.29, 0.717) is 18.5 Å². The van der Waals surface area contributed by atoms with Gasteiger partial charge in [-0.15, -0.1) is 0 Å². The van der Waals surface area contributed by atoms with Gasteiger partial charge in [0.05, 0.1) is 0 Å². The zero-order chi connectivity index (χ0) is 12.8. The van der Waals surface area contributed by atoms with Crippen molar-refractivity contribution in [3.8, 4) is 0 Å².